The van der Waals surface area contributed by atoms with Crippen molar-refractivity contribution in [2.45, 2.75) is 63.5 Å². The van der Waals surface area contributed by atoms with Crippen molar-refractivity contribution >= 4 is 0 Å². The molecule has 0 aromatic heterocycles. The molecule has 0 aromatic rings. The van der Waals surface area contributed by atoms with Crippen LogP contribution in [0.3, 0.4) is 0 Å². The average Bonchev–Trinajstić information content (AvgIpc) is 2.77. The summed E-state index contributed by atoms with van der Waals surface area (Å²) in [5.41, 5.74) is 0.549. The van der Waals surface area contributed by atoms with Crippen LogP contribution in [0.15, 0.2) is 0 Å². The topological polar surface area (TPSA) is 6.48 Å². The van der Waals surface area contributed by atoms with Gasteiger partial charge in [-0.15, -0.1) is 0 Å². The standard InChI is InChI=1S/C14H26N2/c1-14(7-3-2-4-8-14)16-11-10-15-9-5-6-13(15)12-16/h13H,2-12H2,1H3. The van der Waals surface area contributed by atoms with E-state index in [-0.39, 0.29) is 0 Å². The van der Waals surface area contributed by atoms with Gasteiger partial charge in [0, 0.05) is 31.2 Å². The van der Waals surface area contributed by atoms with Gasteiger partial charge >= 0.3 is 0 Å². The van der Waals surface area contributed by atoms with Crippen molar-refractivity contribution in [3.05, 3.63) is 0 Å². The van der Waals surface area contributed by atoms with E-state index in [1.165, 1.54) is 71.1 Å². The number of hydrogen-bond donors (Lipinski definition) is 0. The van der Waals surface area contributed by atoms with Crippen LogP contribution in [0.5, 0.6) is 0 Å². The first kappa shape index (κ1) is 11.0. The molecular weight excluding hydrogens is 196 g/mol. The molecule has 0 amide bonds. The molecule has 3 fully saturated rings. The van der Waals surface area contributed by atoms with Gasteiger partial charge < -0.3 is 0 Å². The smallest absolute Gasteiger partial charge is 0.0224 e. The Labute approximate surface area is 100.0 Å². The summed E-state index contributed by atoms with van der Waals surface area (Å²) >= 11 is 0. The fourth-order valence-corrected chi connectivity index (χ4v) is 4.11. The molecule has 0 radical (unpaired) electrons. The van der Waals surface area contributed by atoms with Crippen molar-refractivity contribution in [1.82, 2.24) is 9.80 Å². The Hall–Kier alpha value is -0.0800. The Morgan fingerprint density at radius 2 is 1.75 bits per heavy atom. The lowest BCUT2D eigenvalue weighted by molar-refractivity contribution is 0.00334. The summed E-state index contributed by atoms with van der Waals surface area (Å²) in [6.45, 7) is 7.91. The van der Waals surface area contributed by atoms with Gasteiger partial charge in [-0.1, -0.05) is 19.3 Å². The highest BCUT2D eigenvalue weighted by atomic mass is 15.3. The van der Waals surface area contributed by atoms with Crippen molar-refractivity contribution in [3.63, 3.8) is 0 Å². The fourth-order valence-electron chi connectivity index (χ4n) is 4.11. The van der Waals surface area contributed by atoms with E-state index in [1.54, 1.807) is 0 Å². The molecule has 1 unspecified atom stereocenters. The SMILES string of the molecule is CC1(N2CCN3CCCC3C2)CCCCC1. The summed E-state index contributed by atoms with van der Waals surface area (Å²) in [6.07, 6.45) is 10.2. The van der Waals surface area contributed by atoms with Gasteiger partial charge in [-0.25, -0.2) is 0 Å². The second kappa shape index (κ2) is 4.30. The molecule has 1 aliphatic carbocycles. The van der Waals surface area contributed by atoms with Gasteiger partial charge in [0.1, 0.15) is 0 Å². The number of hydrogen-bond acceptors (Lipinski definition) is 2. The van der Waals surface area contributed by atoms with E-state index in [4.69, 9.17) is 0 Å². The summed E-state index contributed by atoms with van der Waals surface area (Å²) in [6, 6.07) is 0.896. The predicted octanol–water partition coefficient (Wildman–Crippen LogP) is 2.49. The summed E-state index contributed by atoms with van der Waals surface area (Å²) in [5, 5.41) is 0. The molecular formula is C14H26N2. The molecule has 0 bridgehead atoms. The third-order valence-corrected chi connectivity index (χ3v) is 5.28. The predicted molar refractivity (Wildman–Crippen MR) is 67.7 cm³/mol. The highest BCUT2D eigenvalue weighted by Gasteiger charge is 2.39. The molecule has 1 atom stereocenters. The maximum atomic E-state index is 2.83. The highest BCUT2D eigenvalue weighted by Crippen LogP contribution is 2.35. The highest BCUT2D eigenvalue weighted by molar-refractivity contribution is 4.95. The Morgan fingerprint density at radius 3 is 2.56 bits per heavy atom. The zero-order chi connectivity index (χ0) is 11.0. The van der Waals surface area contributed by atoms with E-state index < -0.39 is 0 Å². The van der Waals surface area contributed by atoms with E-state index in [0.29, 0.717) is 5.54 Å². The number of fused-ring (bicyclic) bond motifs is 1. The van der Waals surface area contributed by atoms with E-state index in [2.05, 4.69) is 16.7 Å². The van der Waals surface area contributed by atoms with Crippen LogP contribution in [0.1, 0.15) is 51.9 Å². The maximum absolute atomic E-state index is 2.83. The van der Waals surface area contributed by atoms with Crippen LogP contribution < -0.4 is 0 Å². The minimum Gasteiger partial charge on any atom is -0.298 e. The van der Waals surface area contributed by atoms with Crippen molar-refractivity contribution < 1.29 is 0 Å². The van der Waals surface area contributed by atoms with Crippen LogP contribution >= 0.6 is 0 Å². The molecule has 0 N–H and O–H groups in total. The first-order valence-corrected chi connectivity index (χ1v) is 7.27. The van der Waals surface area contributed by atoms with Gasteiger partial charge in [0.05, 0.1) is 0 Å². The fraction of sp³-hybridized carbons (Fsp3) is 1.00. The van der Waals surface area contributed by atoms with Crippen LogP contribution in [0.2, 0.25) is 0 Å². The summed E-state index contributed by atoms with van der Waals surface area (Å²) < 4.78 is 0. The van der Waals surface area contributed by atoms with Crippen molar-refractivity contribution in [2.75, 3.05) is 26.2 Å². The number of nitrogens with zero attached hydrogens (tertiary/aromatic N) is 2. The van der Waals surface area contributed by atoms with Gasteiger partial charge in [0.2, 0.25) is 0 Å². The van der Waals surface area contributed by atoms with Crippen LogP contribution in [0, 0.1) is 0 Å². The van der Waals surface area contributed by atoms with Crippen molar-refractivity contribution in [3.8, 4) is 0 Å². The lowest BCUT2D eigenvalue weighted by Crippen LogP contribution is -2.58. The molecule has 3 aliphatic rings. The minimum atomic E-state index is 0.549. The summed E-state index contributed by atoms with van der Waals surface area (Å²) in [7, 11) is 0. The molecule has 2 aliphatic heterocycles. The Bertz CT molecular complexity index is 245. The van der Waals surface area contributed by atoms with Gasteiger partial charge in [0.25, 0.3) is 0 Å². The second-order valence-corrected chi connectivity index (χ2v) is 6.34. The van der Waals surface area contributed by atoms with E-state index in [1.807, 2.05) is 0 Å². The van der Waals surface area contributed by atoms with Crippen LogP contribution in [-0.2, 0) is 0 Å². The molecule has 2 nitrogen and oxygen atoms in total. The molecule has 2 heterocycles. The first-order valence-electron chi connectivity index (χ1n) is 7.27. The van der Waals surface area contributed by atoms with Crippen LogP contribution in [-0.4, -0.2) is 47.6 Å². The van der Waals surface area contributed by atoms with Gasteiger partial charge in [0.15, 0.2) is 0 Å². The van der Waals surface area contributed by atoms with Crippen molar-refractivity contribution in [2.24, 2.45) is 0 Å². The molecule has 92 valence electrons. The van der Waals surface area contributed by atoms with Gasteiger partial charge in [-0.2, -0.15) is 0 Å². The van der Waals surface area contributed by atoms with E-state index >= 15 is 0 Å². The molecule has 2 heteroatoms. The summed E-state index contributed by atoms with van der Waals surface area (Å²) in [4.78, 5) is 5.56. The monoisotopic (exact) mass is 222 g/mol. The number of rotatable bonds is 1. The van der Waals surface area contributed by atoms with Crippen LogP contribution in [0.4, 0.5) is 0 Å². The largest absolute Gasteiger partial charge is 0.298 e. The Kier molecular flexibility index (Phi) is 2.97. The lowest BCUT2D eigenvalue weighted by atomic mass is 9.81. The van der Waals surface area contributed by atoms with Crippen molar-refractivity contribution in [1.29, 1.82) is 0 Å². The van der Waals surface area contributed by atoms with Gasteiger partial charge in [-0.3, -0.25) is 9.80 Å². The zero-order valence-corrected chi connectivity index (χ0v) is 10.7. The molecule has 3 rings (SSSR count). The molecule has 0 aromatic carbocycles. The summed E-state index contributed by atoms with van der Waals surface area (Å²) in [5.74, 6) is 0. The second-order valence-electron chi connectivity index (χ2n) is 6.34. The molecule has 16 heavy (non-hydrogen) atoms. The molecule has 1 saturated carbocycles. The number of piperazine rings is 1. The van der Waals surface area contributed by atoms with E-state index in [0.717, 1.165) is 6.04 Å². The third-order valence-electron chi connectivity index (χ3n) is 5.28. The Balaban J connectivity index is 1.66. The normalized spacial score (nSPS) is 36.2. The van der Waals surface area contributed by atoms with Crippen LogP contribution in [0.25, 0.3) is 0 Å². The quantitative estimate of drug-likeness (QED) is 0.672. The maximum Gasteiger partial charge on any atom is 0.0224 e. The zero-order valence-electron chi connectivity index (χ0n) is 10.7. The third kappa shape index (κ3) is 1.91. The molecule has 0 spiro atoms. The molecule has 2 saturated heterocycles. The van der Waals surface area contributed by atoms with E-state index in [9.17, 15) is 0 Å². The van der Waals surface area contributed by atoms with Gasteiger partial charge in [-0.05, 0) is 39.2 Å². The lowest BCUT2D eigenvalue weighted by Gasteiger charge is -2.49. The Morgan fingerprint density at radius 1 is 0.938 bits per heavy atom. The first-order chi connectivity index (χ1) is 7.78. The minimum absolute atomic E-state index is 0.549. The average molecular weight is 222 g/mol.